The zero-order valence-electron chi connectivity index (χ0n) is 19.5. The largest absolute Gasteiger partial charge is 0.481 e. The van der Waals surface area contributed by atoms with Gasteiger partial charge in [0.05, 0.1) is 24.9 Å². The number of nitrogens with one attached hydrogen (secondary N) is 1. The van der Waals surface area contributed by atoms with Crippen molar-refractivity contribution in [3.8, 4) is 11.3 Å². The maximum absolute atomic E-state index is 13.4. The maximum atomic E-state index is 13.4. The third-order valence-electron chi connectivity index (χ3n) is 5.51. The second kappa shape index (κ2) is 11.4. The first-order valence-corrected chi connectivity index (χ1v) is 10.7. The number of aliphatic carboxylic acids is 1. The molecule has 37 heavy (non-hydrogen) atoms. The van der Waals surface area contributed by atoms with Crippen molar-refractivity contribution in [1.82, 2.24) is 4.98 Å². The number of H-pyrrole nitrogens is 1. The summed E-state index contributed by atoms with van der Waals surface area (Å²) in [6, 6.07) is 10.8. The smallest absolute Gasteiger partial charge is 0.417 e. The van der Waals surface area contributed by atoms with Crippen LogP contribution in [-0.2, 0) is 25.2 Å². The van der Waals surface area contributed by atoms with Crippen molar-refractivity contribution in [2.24, 2.45) is 0 Å². The molecule has 0 spiro atoms. The number of rotatable bonds is 7. The zero-order chi connectivity index (χ0) is 26.0. The van der Waals surface area contributed by atoms with Crippen molar-refractivity contribution in [1.29, 1.82) is 0 Å². The zero-order valence-corrected chi connectivity index (χ0v) is 21.5. The number of amides is 1. The Morgan fingerprint density at radius 3 is 2.54 bits per heavy atom. The van der Waals surface area contributed by atoms with Crippen molar-refractivity contribution in [3.05, 3.63) is 64.4 Å². The first kappa shape index (κ1) is 28.2. The van der Waals surface area contributed by atoms with Crippen LogP contribution in [-0.4, -0.2) is 76.9 Å². The Hall–Kier alpha value is -3.35. The minimum Gasteiger partial charge on any atom is -0.481 e. The molecule has 4 rings (SSSR count). The van der Waals surface area contributed by atoms with Crippen LogP contribution in [0.5, 0.6) is 0 Å². The van der Waals surface area contributed by atoms with E-state index in [-0.39, 0.29) is 72.2 Å². The molecule has 2 aromatic carbocycles. The molecule has 9 nitrogen and oxygen atoms in total. The van der Waals surface area contributed by atoms with E-state index in [1.54, 1.807) is 0 Å². The number of carbonyl (C=O) groups is 3. The number of ether oxygens (including phenoxy) is 2. The summed E-state index contributed by atoms with van der Waals surface area (Å²) in [6.07, 6.45) is -6.86. The molecule has 2 heterocycles. The molecule has 1 saturated heterocycles. The van der Waals surface area contributed by atoms with Crippen LogP contribution in [0.3, 0.4) is 0 Å². The van der Waals surface area contributed by atoms with Gasteiger partial charge in [-0.25, -0.2) is 4.79 Å². The standard InChI is InChI=1S/C24H19F3N2O7.Na/c25-24(26,27)18-4-2-1-3-16(18)19-9-13-5-6-14(10-17(13)22(33)28-19)29-11-15(36-23(29)34)12-35-21(32)8-7-20(30)31;/h1-6,9-10,15H,7-8,11-12H2,(H,28,33)(H,30,31);/t15-;/m1./s1. The van der Waals surface area contributed by atoms with Gasteiger partial charge in [-0.1, -0.05) is 24.3 Å². The van der Waals surface area contributed by atoms with E-state index >= 15 is 0 Å². The number of benzene rings is 2. The van der Waals surface area contributed by atoms with Crippen LogP contribution >= 0.6 is 0 Å². The Bertz CT molecular complexity index is 1410. The molecule has 0 saturated carbocycles. The number of alkyl halides is 3. The van der Waals surface area contributed by atoms with E-state index in [4.69, 9.17) is 14.6 Å². The van der Waals surface area contributed by atoms with Crippen LogP contribution in [0.1, 0.15) is 18.4 Å². The quantitative estimate of drug-likeness (QED) is 0.356. The fraction of sp³-hybridized carbons (Fsp3) is 0.250. The third kappa shape index (κ3) is 6.51. The van der Waals surface area contributed by atoms with E-state index in [0.717, 1.165) is 6.07 Å². The average Bonchev–Trinajstić information content (AvgIpc) is 3.21. The van der Waals surface area contributed by atoms with Crippen molar-refractivity contribution in [2.45, 2.75) is 25.1 Å². The molecule has 1 aliphatic heterocycles. The molecule has 1 amide bonds. The van der Waals surface area contributed by atoms with Crippen molar-refractivity contribution in [3.63, 3.8) is 0 Å². The number of cyclic esters (lactones) is 1. The summed E-state index contributed by atoms with van der Waals surface area (Å²) < 4.78 is 50.4. The number of nitrogens with zero attached hydrogens (tertiary/aromatic N) is 1. The number of anilines is 1. The van der Waals surface area contributed by atoms with Gasteiger partial charge in [0.25, 0.3) is 5.56 Å². The molecule has 1 fully saturated rings. The molecule has 1 aromatic heterocycles. The number of aromatic nitrogens is 1. The summed E-state index contributed by atoms with van der Waals surface area (Å²) in [5.74, 6) is -1.89. The second-order valence-corrected chi connectivity index (χ2v) is 8.02. The molecule has 1 radical (unpaired) electrons. The summed E-state index contributed by atoms with van der Waals surface area (Å²) in [7, 11) is 0. The summed E-state index contributed by atoms with van der Waals surface area (Å²) in [6.45, 7) is -0.262. The maximum Gasteiger partial charge on any atom is 0.417 e. The summed E-state index contributed by atoms with van der Waals surface area (Å²) in [4.78, 5) is 50.9. The number of pyridine rings is 1. The van der Waals surface area contributed by atoms with Gasteiger partial charge in [0.1, 0.15) is 6.61 Å². The molecule has 13 heteroatoms. The molecule has 189 valence electrons. The summed E-state index contributed by atoms with van der Waals surface area (Å²) >= 11 is 0. The van der Waals surface area contributed by atoms with Gasteiger partial charge in [0.15, 0.2) is 6.10 Å². The topological polar surface area (TPSA) is 126 Å². The van der Waals surface area contributed by atoms with Crippen LogP contribution in [0.25, 0.3) is 22.0 Å². The first-order chi connectivity index (χ1) is 17.0. The number of hydrogen-bond acceptors (Lipinski definition) is 6. The molecule has 3 aromatic rings. The van der Waals surface area contributed by atoms with Gasteiger partial charge < -0.3 is 19.6 Å². The number of esters is 1. The van der Waals surface area contributed by atoms with Crippen LogP contribution in [0.4, 0.5) is 23.7 Å². The molecule has 0 unspecified atom stereocenters. The number of carboxylic acids is 1. The van der Waals surface area contributed by atoms with Crippen LogP contribution < -0.4 is 10.5 Å². The molecule has 2 N–H and O–H groups in total. The number of carbonyl (C=O) groups excluding carboxylic acids is 2. The van der Waals surface area contributed by atoms with Gasteiger partial charge in [-0.3, -0.25) is 19.3 Å². The molecule has 0 aliphatic carbocycles. The Morgan fingerprint density at radius 1 is 1.11 bits per heavy atom. The number of aromatic amines is 1. The first-order valence-electron chi connectivity index (χ1n) is 10.7. The Kier molecular flexibility index (Phi) is 8.67. The van der Waals surface area contributed by atoms with E-state index in [1.807, 2.05) is 0 Å². The Balaban J connectivity index is 0.00000380. The summed E-state index contributed by atoms with van der Waals surface area (Å²) in [5.41, 5.74) is -1.39. The molecule has 0 bridgehead atoms. The predicted molar refractivity (Wildman–Crippen MR) is 126 cm³/mol. The fourth-order valence-electron chi connectivity index (χ4n) is 3.81. The van der Waals surface area contributed by atoms with Gasteiger partial charge in [-0.05, 0) is 29.7 Å². The van der Waals surface area contributed by atoms with E-state index in [1.165, 1.54) is 47.4 Å². The molecule has 1 aliphatic rings. The van der Waals surface area contributed by atoms with E-state index in [2.05, 4.69) is 4.98 Å². The van der Waals surface area contributed by atoms with Crippen molar-refractivity contribution < 1.29 is 42.1 Å². The average molecular weight is 527 g/mol. The normalized spacial score (nSPS) is 15.3. The Labute approximate surface area is 229 Å². The van der Waals surface area contributed by atoms with Crippen molar-refractivity contribution >= 4 is 64.0 Å². The number of hydrogen-bond donors (Lipinski definition) is 2. The van der Waals surface area contributed by atoms with Crippen LogP contribution in [0, 0.1) is 0 Å². The van der Waals surface area contributed by atoms with Crippen LogP contribution in [0.15, 0.2) is 53.3 Å². The SMILES string of the molecule is O=C(O)CCC(=O)OC[C@H]1CN(c2ccc3cc(-c4ccccc4C(F)(F)F)[nH]c(=O)c3c2)C(=O)O1.[Na]. The second-order valence-electron chi connectivity index (χ2n) is 8.02. The van der Waals surface area contributed by atoms with Gasteiger partial charge in [-0.15, -0.1) is 0 Å². The number of fused-ring (bicyclic) bond motifs is 1. The predicted octanol–water partition coefficient (Wildman–Crippen LogP) is 3.57. The third-order valence-corrected chi connectivity index (χ3v) is 5.51. The number of halogens is 3. The number of carboxylic acid groups (broad SMARTS) is 1. The van der Waals surface area contributed by atoms with Gasteiger partial charge in [0, 0.05) is 51.9 Å². The molecule has 1 atom stereocenters. The van der Waals surface area contributed by atoms with Crippen molar-refractivity contribution in [2.75, 3.05) is 18.1 Å². The summed E-state index contributed by atoms with van der Waals surface area (Å²) in [5, 5.41) is 9.11. The van der Waals surface area contributed by atoms with Gasteiger partial charge in [-0.2, -0.15) is 13.2 Å². The Morgan fingerprint density at radius 2 is 1.84 bits per heavy atom. The fourth-order valence-corrected chi connectivity index (χ4v) is 3.81. The van der Waals surface area contributed by atoms with Gasteiger partial charge >= 0.3 is 24.2 Å². The van der Waals surface area contributed by atoms with E-state index < -0.39 is 41.4 Å². The van der Waals surface area contributed by atoms with E-state index in [0.29, 0.717) is 11.1 Å². The minimum atomic E-state index is -4.61. The monoisotopic (exact) mass is 527 g/mol. The molecular weight excluding hydrogens is 508 g/mol. The van der Waals surface area contributed by atoms with Gasteiger partial charge in [0.2, 0.25) is 0 Å². The minimum absolute atomic E-state index is 0. The van der Waals surface area contributed by atoms with E-state index in [9.17, 15) is 32.3 Å². The molecular formula is C24H19F3N2NaO7. The van der Waals surface area contributed by atoms with Crippen LogP contribution in [0.2, 0.25) is 0 Å².